The van der Waals surface area contributed by atoms with Gasteiger partial charge >= 0.3 is 6.18 Å². The Labute approximate surface area is 165 Å². The average molecular weight is 416 g/mol. The van der Waals surface area contributed by atoms with E-state index in [1.807, 2.05) is 0 Å². The first kappa shape index (κ1) is 22.4. The Morgan fingerprint density at radius 3 is 2.34 bits per heavy atom. The van der Waals surface area contributed by atoms with E-state index in [2.05, 4.69) is 5.32 Å². The fourth-order valence-electron chi connectivity index (χ4n) is 3.04. The number of rotatable bonds is 6. The van der Waals surface area contributed by atoms with Gasteiger partial charge in [-0.2, -0.15) is 13.2 Å². The summed E-state index contributed by atoms with van der Waals surface area (Å²) in [7, 11) is 0. The Morgan fingerprint density at radius 1 is 1.28 bits per heavy atom. The topological polar surface area (TPSA) is 119 Å². The fourth-order valence-corrected chi connectivity index (χ4v) is 3.04. The number of alkyl halides is 3. The lowest BCUT2D eigenvalue weighted by atomic mass is 9.91. The molecule has 0 saturated carbocycles. The van der Waals surface area contributed by atoms with Crippen LogP contribution in [0.2, 0.25) is 0 Å². The summed E-state index contributed by atoms with van der Waals surface area (Å²) in [5.41, 5.74) is 2.77. The lowest BCUT2D eigenvalue weighted by Gasteiger charge is -2.33. The molecule has 1 aliphatic heterocycles. The first-order valence-electron chi connectivity index (χ1n) is 9.01. The molecule has 8 nitrogen and oxygen atoms in total. The molecule has 0 aromatic heterocycles. The Morgan fingerprint density at radius 2 is 1.86 bits per heavy atom. The van der Waals surface area contributed by atoms with Gasteiger partial charge in [0, 0.05) is 31.6 Å². The molecular formula is C18H23F3N4O4. The highest BCUT2D eigenvalue weighted by atomic mass is 19.4. The van der Waals surface area contributed by atoms with Crippen molar-refractivity contribution in [1.82, 2.24) is 5.32 Å². The number of nitrogens with two attached hydrogens (primary N) is 1. The summed E-state index contributed by atoms with van der Waals surface area (Å²) in [5.74, 6) is -1.15. The van der Waals surface area contributed by atoms with Crippen molar-refractivity contribution in [1.29, 1.82) is 0 Å². The first-order chi connectivity index (χ1) is 13.3. The van der Waals surface area contributed by atoms with Crippen molar-refractivity contribution in [3.63, 3.8) is 0 Å². The van der Waals surface area contributed by atoms with E-state index in [4.69, 9.17) is 5.73 Å². The second kappa shape index (κ2) is 8.26. The average Bonchev–Trinajstić information content (AvgIpc) is 2.65. The highest BCUT2D eigenvalue weighted by molar-refractivity contribution is 5.83. The number of piperidine rings is 1. The van der Waals surface area contributed by atoms with Crippen LogP contribution in [0.3, 0.4) is 0 Å². The maximum absolute atomic E-state index is 12.8. The van der Waals surface area contributed by atoms with E-state index in [1.54, 1.807) is 18.7 Å². The van der Waals surface area contributed by atoms with Gasteiger partial charge in [0.2, 0.25) is 11.8 Å². The minimum Gasteiger partial charge on any atom is -0.369 e. The first-order valence-corrected chi connectivity index (χ1v) is 9.01. The number of hydrogen-bond donors (Lipinski definition) is 2. The zero-order valence-electron chi connectivity index (χ0n) is 16.1. The number of benzene rings is 1. The van der Waals surface area contributed by atoms with E-state index >= 15 is 0 Å². The summed E-state index contributed by atoms with van der Waals surface area (Å²) < 4.78 is 38.5. The van der Waals surface area contributed by atoms with Gasteiger partial charge in [0.1, 0.15) is 5.69 Å². The van der Waals surface area contributed by atoms with Gasteiger partial charge in [-0.1, -0.05) is 0 Å². The molecule has 0 spiro atoms. The van der Waals surface area contributed by atoms with Crippen LogP contribution in [0.25, 0.3) is 0 Å². The lowest BCUT2D eigenvalue weighted by Crippen LogP contribution is -2.46. The maximum atomic E-state index is 12.8. The number of nitrogens with zero attached hydrogens (tertiary/aromatic N) is 2. The van der Waals surface area contributed by atoms with Crippen LogP contribution in [-0.2, 0) is 15.8 Å². The Balaban J connectivity index is 2.04. The van der Waals surface area contributed by atoms with E-state index in [0.29, 0.717) is 18.9 Å². The summed E-state index contributed by atoms with van der Waals surface area (Å²) >= 11 is 0. The quantitative estimate of drug-likeness (QED) is 0.545. The van der Waals surface area contributed by atoms with Crippen molar-refractivity contribution in [3.05, 3.63) is 33.9 Å². The minimum absolute atomic E-state index is 0.0890. The van der Waals surface area contributed by atoms with Crippen molar-refractivity contribution in [2.75, 3.05) is 24.5 Å². The summed E-state index contributed by atoms with van der Waals surface area (Å²) in [4.78, 5) is 35.7. The van der Waals surface area contributed by atoms with Crippen molar-refractivity contribution < 1.29 is 27.7 Å². The number of carbonyl (C=O) groups is 2. The molecule has 160 valence electrons. The molecule has 1 aromatic carbocycles. The summed E-state index contributed by atoms with van der Waals surface area (Å²) in [6, 6.07) is 2.43. The number of carbonyl (C=O) groups excluding carboxylic acids is 2. The van der Waals surface area contributed by atoms with Crippen LogP contribution >= 0.6 is 0 Å². The largest absolute Gasteiger partial charge is 0.416 e. The number of nitro benzene ring substituents is 1. The molecule has 2 rings (SSSR count). The molecule has 1 aliphatic rings. The number of nitro groups is 1. The predicted octanol–water partition coefficient (Wildman–Crippen LogP) is 2.46. The standard InChI is InChI=1S/C18H23F3N4O4/c1-17(2,16(22)27)10-23-15(26)11-5-7-24(8-6-11)13-4-3-12(18(19,20)21)9-14(13)25(28)29/h3-4,9,11H,5-8,10H2,1-2H3,(H2,22,27)(H,23,26). The third kappa shape index (κ3) is 5.36. The van der Waals surface area contributed by atoms with Crippen LogP contribution in [0.4, 0.5) is 24.5 Å². The second-order valence-electron chi connectivity index (χ2n) is 7.69. The van der Waals surface area contributed by atoms with Crippen LogP contribution in [-0.4, -0.2) is 36.4 Å². The minimum atomic E-state index is -4.67. The molecule has 3 N–H and O–H groups in total. The van der Waals surface area contributed by atoms with E-state index in [1.165, 1.54) is 0 Å². The predicted molar refractivity (Wildman–Crippen MR) is 99.0 cm³/mol. The number of halogens is 3. The normalized spacial score (nSPS) is 15.8. The van der Waals surface area contributed by atoms with Crippen LogP contribution in [0.1, 0.15) is 32.3 Å². The van der Waals surface area contributed by atoms with E-state index in [-0.39, 0.29) is 37.1 Å². The van der Waals surface area contributed by atoms with Gasteiger partial charge in [0.05, 0.1) is 15.9 Å². The summed E-state index contributed by atoms with van der Waals surface area (Å²) in [6.45, 7) is 3.88. The molecular weight excluding hydrogens is 393 g/mol. The van der Waals surface area contributed by atoms with E-state index in [0.717, 1.165) is 12.1 Å². The second-order valence-corrected chi connectivity index (χ2v) is 7.69. The molecule has 11 heteroatoms. The molecule has 0 bridgehead atoms. The fraction of sp³-hybridized carbons (Fsp3) is 0.556. The highest BCUT2D eigenvalue weighted by Gasteiger charge is 2.35. The zero-order chi connectivity index (χ0) is 22.0. The number of amides is 2. The Kier molecular flexibility index (Phi) is 6.39. The molecule has 1 aromatic rings. The van der Waals surface area contributed by atoms with Gasteiger partial charge in [-0.05, 0) is 38.8 Å². The van der Waals surface area contributed by atoms with Crippen molar-refractivity contribution in [3.8, 4) is 0 Å². The molecule has 1 heterocycles. The Bertz CT molecular complexity index is 803. The van der Waals surface area contributed by atoms with Gasteiger partial charge in [-0.25, -0.2) is 0 Å². The third-order valence-electron chi connectivity index (χ3n) is 5.08. The third-order valence-corrected chi connectivity index (χ3v) is 5.08. The van der Waals surface area contributed by atoms with Crippen LogP contribution < -0.4 is 16.0 Å². The van der Waals surface area contributed by atoms with Crippen LogP contribution in [0, 0.1) is 21.4 Å². The van der Waals surface area contributed by atoms with Gasteiger partial charge in [-0.15, -0.1) is 0 Å². The number of hydrogen-bond acceptors (Lipinski definition) is 5. The SMILES string of the molecule is CC(C)(CNC(=O)C1CCN(c2ccc(C(F)(F)F)cc2[N+](=O)[O-])CC1)C(N)=O. The zero-order valence-corrected chi connectivity index (χ0v) is 16.1. The van der Waals surface area contributed by atoms with Crippen molar-refractivity contribution in [2.45, 2.75) is 32.9 Å². The smallest absolute Gasteiger partial charge is 0.369 e. The summed E-state index contributed by atoms with van der Waals surface area (Å²) in [6.07, 6.45) is -3.92. The maximum Gasteiger partial charge on any atom is 0.416 e. The highest BCUT2D eigenvalue weighted by Crippen LogP contribution is 2.37. The summed E-state index contributed by atoms with van der Waals surface area (Å²) in [5, 5.41) is 14.0. The van der Waals surface area contributed by atoms with Gasteiger partial charge in [0.15, 0.2) is 0 Å². The monoisotopic (exact) mass is 416 g/mol. The molecule has 29 heavy (non-hydrogen) atoms. The molecule has 0 unspecified atom stereocenters. The van der Waals surface area contributed by atoms with E-state index < -0.39 is 33.7 Å². The van der Waals surface area contributed by atoms with Crippen LogP contribution in [0.15, 0.2) is 18.2 Å². The van der Waals surface area contributed by atoms with Crippen LogP contribution in [0.5, 0.6) is 0 Å². The molecule has 0 radical (unpaired) electrons. The molecule has 0 atom stereocenters. The van der Waals surface area contributed by atoms with Crippen molar-refractivity contribution >= 4 is 23.2 Å². The molecule has 1 saturated heterocycles. The van der Waals surface area contributed by atoms with Gasteiger partial charge in [-0.3, -0.25) is 19.7 Å². The number of primary amides is 1. The molecule has 2 amide bonds. The number of nitrogens with one attached hydrogen (secondary N) is 1. The van der Waals surface area contributed by atoms with Crippen molar-refractivity contribution in [2.24, 2.45) is 17.1 Å². The van der Waals surface area contributed by atoms with E-state index in [9.17, 15) is 32.9 Å². The Hall–Kier alpha value is -2.85. The number of anilines is 1. The van der Waals surface area contributed by atoms with Gasteiger partial charge in [0.25, 0.3) is 5.69 Å². The molecule has 0 aliphatic carbocycles. The lowest BCUT2D eigenvalue weighted by molar-refractivity contribution is -0.384. The molecule has 1 fully saturated rings. The van der Waals surface area contributed by atoms with Gasteiger partial charge < -0.3 is 16.0 Å².